The van der Waals surface area contributed by atoms with E-state index in [0.717, 1.165) is 31.7 Å². The molecule has 21 heavy (non-hydrogen) atoms. The van der Waals surface area contributed by atoms with Crippen molar-refractivity contribution in [2.45, 2.75) is 31.9 Å². The van der Waals surface area contributed by atoms with Crippen molar-refractivity contribution in [3.63, 3.8) is 0 Å². The second kappa shape index (κ2) is 6.30. The van der Waals surface area contributed by atoms with Gasteiger partial charge in [0, 0.05) is 50.5 Å². The first-order valence-corrected chi connectivity index (χ1v) is 7.85. The molecule has 1 aromatic rings. The smallest absolute Gasteiger partial charge is 0.250 e. The van der Waals surface area contributed by atoms with Crippen LogP contribution in [0, 0.1) is 5.92 Å². The van der Waals surface area contributed by atoms with E-state index in [-0.39, 0.29) is 5.56 Å². The van der Waals surface area contributed by atoms with Gasteiger partial charge in [-0.15, -0.1) is 0 Å². The van der Waals surface area contributed by atoms with Crippen molar-refractivity contribution in [3.05, 3.63) is 34.2 Å². The van der Waals surface area contributed by atoms with Crippen LogP contribution in [0.1, 0.15) is 25.0 Å². The normalized spacial score (nSPS) is 26.4. The summed E-state index contributed by atoms with van der Waals surface area (Å²) in [5.74, 6) is 0.918. The highest BCUT2D eigenvalue weighted by Crippen LogP contribution is 2.34. The van der Waals surface area contributed by atoms with Crippen molar-refractivity contribution in [1.82, 2.24) is 9.47 Å². The van der Waals surface area contributed by atoms with Crippen LogP contribution in [-0.2, 0) is 11.3 Å². The van der Waals surface area contributed by atoms with Crippen LogP contribution in [-0.4, -0.2) is 53.5 Å². The van der Waals surface area contributed by atoms with E-state index in [1.165, 1.54) is 0 Å². The van der Waals surface area contributed by atoms with E-state index in [0.29, 0.717) is 31.6 Å². The summed E-state index contributed by atoms with van der Waals surface area (Å²) in [6, 6.07) is 5.58. The predicted octanol–water partition coefficient (Wildman–Crippen LogP) is 0.665. The van der Waals surface area contributed by atoms with Crippen LogP contribution >= 0.6 is 0 Å². The molecule has 0 radical (unpaired) electrons. The van der Waals surface area contributed by atoms with Gasteiger partial charge in [-0.1, -0.05) is 6.07 Å². The molecule has 0 aliphatic carbocycles. The molecule has 1 fully saturated rings. The lowest BCUT2D eigenvalue weighted by atomic mass is 9.83. The summed E-state index contributed by atoms with van der Waals surface area (Å²) in [5.41, 5.74) is 1.27. The van der Waals surface area contributed by atoms with Gasteiger partial charge < -0.3 is 14.4 Å². The number of fused-ring (bicyclic) bond motifs is 4. The van der Waals surface area contributed by atoms with Crippen LogP contribution < -0.4 is 5.56 Å². The maximum atomic E-state index is 12.0. The lowest BCUT2D eigenvalue weighted by Crippen LogP contribution is -2.49. The SMILES string of the molecule is CCOCC(O)CN1CC2C[C@@H](C1)Cn1c2cccc1=O. The third kappa shape index (κ3) is 3.20. The van der Waals surface area contributed by atoms with Gasteiger partial charge in [-0.25, -0.2) is 0 Å². The van der Waals surface area contributed by atoms with Gasteiger partial charge in [-0.2, -0.15) is 0 Å². The number of ether oxygens (including phenoxy) is 1. The second-order valence-corrected chi connectivity index (χ2v) is 6.23. The molecule has 2 bridgehead atoms. The average Bonchev–Trinajstić information content (AvgIpc) is 2.46. The maximum Gasteiger partial charge on any atom is 0.250 e. The quantitative estimate of drug-likeness (QED) is 0.866. The number of rotatable bonds is 5. The molecule has 116 valence electrons. The van der Waals surface area contributed by atoms with E-state index >= 15 is 0 Å². The zero-order valence-corrected chi connectivity index (χ0v) is 12.6. The number of likely N-dealkylation sites (tertiary alicyclic amines) is 1. The van der Waals surface area contributed by atoms with Crippen molar-refractivity contribution >= 4 is 0 Å². The van der Waals surface area contributed by atoms with Crippen LogP contribution in [0.5, 0.6) is 0 Å². The van der Waals surface area contributed by atoms with Gasteiger partial charge >= 0.3 is 0 Å². The Hall–Kier alpha value is -1.17. The van der Waals surface area contributed by atoms with E-state index in [1.54, 1.807) is 6.07 Å². The van der Waals surface area contributed by atoms with Gasteiger partial charge in [-0.3, -0.25) is 9.69 Å². The third-order valence-corrected chi connectivity index (χ3v) is 4.54. The summed E-state index contributed by atoms with van der Waals surface area (Å²) in [4.78, 5) is 14.3. The molecule has 2 aliphatic heterocycles. The summed E-state index contributed by atoms with van der Waals surface area (Å²) in [5, 5.41) is 10.0. The van der Waals surface area contributed by atoms with Crippen molar-refractivity contribution in [3.8, 4) is 0 Å². The van der Waals surface area contributed by atoms with Crippen LogP contribution in [0.2, 0.25) is 0 Å². The molecule has 0 amide bonds. The van der Waals surface area contributed by atoms with E-state index in [2.05, 4.69) is 11.0 Å². The van der Waals surface area contributed by atoms with Gasteiger partial charge in [0.1, 0.15) is 0 Å². The Bertz CT molecular complexity index is 543. The molecule has 2 aliphatic rings. The molecule has 1 aromatic heterocycles. The van der Waals surface area contributed by atoms with Gasteiger partial charge in [0.25, 0.3) is 5.56 Å². The average molecular weight is 292 g/mol. The van der Waals surface area contributed by atoms with Crippen LogP contribution in [0.4, 0.5) is 0 Å². The maximum absolute atomic E-state index is 12.0. The zero-order valence-electron chi connectivity index (χ0n) is 12.6. The molecule has 5 nitrogen and oxygen atoms in total. The number of pyridine rings is 1. The van der Waals surface area contributed by atoms with Gasteiger partial charge in [-0.05, 0) is 25.3 Å². The van der Waals surface area contributed by atoms with E-state index in [4.69, 9.17) is 4.74 Å². The summed E-state index contributed by atoms with van der Waals surface area (Å²) in [6.45, 7) is 6.32. The van der Waals surface area contributed by atoms with E-state index in [9.17, 15) is 9.90 Å². The number of hydrogen-bond donors (Lipinski definition) is 1. The Morgan fingerprint density at radius 2 is 2.24 bits per heavy atom. The Balaban J connectivity index is 1.69. The fourth-order valence-electron chi connectivity index (χ4n) is 3.75. The number of β-amino-alcohol motifs (C(OH)–C–C–N with tert-alkyl or cyclic N) is 1. The van der Waals surface area contributed by atoms with Crippen molar-refractivity contribution in [2.75, 3.05) is 32.8 Å². The minimum atomic E-state index is -0.429. The molecular formula is C16H24N2O3. The molecule has 0 saturated carbocycles. The first kappa shape index (κ1) is 14.8. The van der Waals surface area contributed by atoms with E-state index < -0.39 is 6.10 Å². The molecule has 3 atom stereocenters. The standard InChI is InChI=1S/C16H24N2O3/c1-2-21-11-14(19)10-17-7-12-6-13(9-17)15-4-3-5-16(20)18(15)8-12/h3-5,12-14,19H,2,6-11H2,1H3/t12-,13?,14?/m0/s1. The van der Waals surface area contributed by atoms with Crippen LogP contribution in [0.3, 0.4) is 0 Å². The third-order valence-electron chi connectivity index (χ3n) is 4.54. The highest BCUT2D eigenvalue weighted by molar-refractivity contribution is 5.16. The zero-order chi connectivity index (χ0) is 14.8. The van der Waals surface area contributed by atoms with Crippen molar-refractivity contribution in [1.29, 1.82) is 0 Å². The Labute approximate surface area is 125 Å². The van der Waals surface area contributed by atoms with E-state index in [1.807, 2.05) is 17.6 Å². The Morgan fingerprint density at radius 3 is 3.05 bits per heavy atom. The molecule has 1 saturated heterocycles. The monoisotopic (exact) mass is 292 g/mol. The number of aromatic nitrogens is 1. The molecule has 1 N–H and O–H groups in total. The molecule has 2 unspecified atom stereocenters. The Morgan fingerprint density at radius 1 is 1.38 bits per heavy atom. The highest BCUT2D eigenvalue weighted by Gasteiger charge is 2.34. The van der Waals surface area contributed by atoms with Gasteiger partial charge in [0.2, 0.25) is 0 Å². The van der Waals surface area contributed by atoms with Crippen LogP contribution in [0.25, 0.3) is 0 Å². The van der Waals surface area contributed by atoms with Gasteiger partial charge in [0.05, 0.1) is 12.7 Å². The predicted molar refractivity (Wildman–Crippen MR) is 80.5 cm³/mol. The van der Waals surface area contributed by atoms with Crippen molar-refractivity contribution in [2.24, 2.45) is 5.92 Å². The number of piperidine rings is 1. The molecule has 0 spiro atoms. The largest absolute Gasteiger partial charge is 0.389 e. The second-order valence-electron chi connectivity index (χ2n) is 6.23. The fraction of sp³-hybridized carbons (Fsp3) is 0.688. The van der Waals surface area contributed by atoms with Crippen molar-refractivity contribution < 1.29 is 9.84 Å². The highest BCUT2D eigenvalue weighted by atomic mass is 16.5. The summed E-state index contributed by atoms with van der Waals surface area (Å²) >= 11 is 0. The van der Waals surface area contributed by atoms with Gasteiger partial charge in [0.15, 0.2) is 0 Å². The lowest BCUT2D eigenvalue weighted by molar-refractivity contribution is 0.00625. The minimum absolute atomic E-state index is 0.118. The first-order chi connectivity index (χ1) is 10.2. The topological polar surface area (TPSA) is 54.7 Å². The molecular weight excluding hydrogens is 268 g/mol. The molecule has 3 rings (SSSR count). The summed E-state index contributed by atoms with van der Waals surface area (Å²) < 4.78 is 7.22. The number of nitrogens with zero attached hydrogens (tertiary/aromatic N) is 2. The molecule has 5 heteroatoms. The fourth-order valence-corrected chi connectivity index (χ4v) is 3.75. The van der Waals surface area contributed by atoms with Crippen LogP contribution in [0.15, 0.2) is 23.0 Å². The first-order valence-electron chi connectivity index (χ1n) is 7.85. The number of aliphatic hydroxyl groups is 1. The number of hydrogen-bond acceptors (Lipinski definition) is 4. The summed E-state index contributed by atoms with van der Waals surface area (Å²) in [7, 11) is 0. The molecule has 0 aromatic carbocycles. The number of aliphatic hydroxyl groups excluding tert-OH is 1. The summed E-state index contributed by atoms with van der Waals surface area (Å²) in [6.07, 6.45) is 0.725. The molecule has 3 heterocycles. The minimum Gasteiger partial charge on any atom is -0.389 e. The lowest BCUT2D eigenvalue weighted by Gasteiger charge is -2.43. The Kier molecular flexibility index (Phi) is 4.42.